The first-order valence-corrected chi connectivity index (χ1v) is 11.0. The van der Waals surface area contributed by atoms with Gasteiger partial charge < -0.3 is 19.2 Å². The van der Waals surface area contributed by atoms with Gasteiger partial charge in [-0.2, -0.15) is 0 Å². The predicted octanol–water partition coefficient (Wildman–Crippen LogP) is 4.72. The number of nitrogens with zero attached hydrogens (tertiary/aromatic N) is 1. The minimum absolute atomic E-state index is 0.0177. The first kappa shape index (κ1) is 22.2. The van der Waals surface area contributed by atoms with Crippen molar-refractivity contribution in [1.29, 1.82) is 0 Å². The summed E-state index contributed by atoms with van der Waals surface area (Å²) in [7, 11) is 3.23. The van der Waals surface area contributed by atoms with Crippen molar-refractivity contribution in [2.45, 2.75) is 55.3 Å². The average Bonchev–Trinajstić information content (AvgIpc) is 2.77. The van der Waals surface area contributed by atoms with Crippen molar-refractivity contribution < 1.29 is 19.1 Å². The summed E-state index contributed by atoms with van der Waals surface area (Å²) in [5.74, 6) is 1.66. The van der Waals surface area contributed by atoms with Gasteiger partial charge in [0.25, 0.3) is 0 Å². The highest BCUT2D eigenvalue weighted by Gasteiger charge is 2.59. The van der Waals surface area contributed by atoms with Gasteiger partial charge in [0.05, 0.1) is 20.3 Å². The molecule has 0 radical (unpaired) electrons. The van der Waals surface area contributed by atoms with E-state index in [2.05, 4.69) is 6.92 Å². The second kappa shape index (κ2) is 9.56. The number of Topliss-reactive ketones (excluding diaryl/α,β-unsaturated/α-hetero) is 1. The van der Waals surface area contributed by atoms with Crippen LogP contribution in [0.2, 0.25) is 0 Å². The molecule has 0 saturated carbocycles. The van der Waals surface area contributed by atoms with Crippen LogP contribution < -0.4 is 9.47 Å². The molecule has 2 aromatic rings. The van der Waals surface area contributed by atoms with E-state index in [1.807, 2.05) is 53.4 Å². The van der Waals surface area contributed by atoms with Gasteiger partial charge in [-0.1, -0.05) is 25.1 Å². The second-order valence-electron chi connectivity index (χ2n) is 7.53. The van der Waals surface area contributed by atoms with Crippen molar-refractivity contribution in [2.75, 3.05) is 14.2 Å². The summed E-state index contributed by atoms with van der Waals surface area (Å²) in [5, 5.41) is 0. The Morgan fingerprint density at radius 3 is 2.47 bits per heavy atom. The van der Waals surface area contributed by atoms with Gasteiger partial charge in [-0.15, -0.1) is 11.8 Å². The first-order chi connectivity index (χ1) is 14.4. The van der Waals surface area contributed by atoms with E-state index in [1.165, 1.54) is 0 Å². The lowest BCUT2D eigenvalue weighted by Gasteiger charge is -2.56. The van der Waals surface area contributed by atoms with Crippen LogP contribution in [0.3, 0.4) is 0 Å². The highest BCUT2D eigenvalue weighted by Crippen LogP contribution is 2.51. The smallest absolute Gasteiger partial charge is 0.241 e. The second-order valence-corrected chi connectivity index (χ2v) is 8.93. The average molecular weight is 428 g/mol. The molecule has 1 aliphatic heterocycles. The molecule has 0 bridgehead atoms. The van der Waals surface area contributed by atoms with Crippen LogP contribution in [0.25, 0.3) is 0 Å². The zero-order valence-corrected chi connectivity index (χ0v) is 18.8. The van der Waals surface area contributed by atoms with Gasteiger partial charge in [0.15, 0.2) is 0 Å². The fourth-order valence-electron chi connectivity index (χ4n) is 4.06. The Balaban J connectivity index is 1.88. The highest BCUT2D eigenvalue weighted by molar-refractivity contribution is 8.01. The summed E-state index contributed by atoms with van der Waals surface area (Å²) >= 11 is 1.62. The lowest BCUT2D eigenvalue weighted by atomic mass is 9.80. The Morgan fingerprint density at radius 2 is 1.87 bits per heavy atom. The Hall–Kier alpha value is -2.47. The SMILES string of the molecule is CCC1(Sc2ccccc2)C(=O)N(Cc2ccc(OC)cc2OC)C1CCC(C)=O. The molecule has 160 valence electrons. The van der Waals surface area contributed by atoms with Gasteiger partial charge in [-0.3, -0.25) is 4.79 Å². The van der Waals surface area contributed by atoms with Crippen molar-refractivity contribution in [2.24, 2.45) is 0 Å². The van der Waals surface area contributed by atoms with E-state index in [-0.39, 0.29) is 17.7 Å². The first-order valence-electron chi connectivity index (χ1n) is 10.2. The number of rotatable bonds is 10. The quantitative estimate of drug-likeness (QED) is 0.513. The monoisotopic (exact) mass is 427 g/mol. The fourth-order valence-corrected chi connectivity index (χ4v) is 5.50. The van der Waals surface area contributed by atoms with Crippen LogP contribution >= 0.6 is 11.8 Å². The van der Waals surface area contributed by atoms with Gasteiger partial charge in [-0.25, -0.2) is 0 Å². The van der Waals surface area contributed by atoms with Crippen molar-refractivity contribution in [3.63, 3.8) is 0 Å². The van der Waals surface area contributed by atoms with Gasteiger partial charge in [0, 0.05) is 29.5 Å². The third-order valence-electron chi connectivity index (χ3n) is 5.71. The number of ketones is 1. The maximum atomic E-state index is 13.5. The minimum atomic E-state index is -0.545. The fraction of sp³-hybridized carbons (Fsp3) is 0.417. The molecule has 3 rings (SSSR count). The number of thioether (sulfide) groups is 1. The van der Waals surface area contributed by atoms with Gasteiger partial charge in [0.1, 0.15) is 22.0 Å². The molecule has 1 aliphatic rings. The molecule has 1 fully saturated rings. The number of hydrogen-bond acceptors (Lipinski definition) is 5. The summed E-state index contributed by atoms with van der Waals surface area (Å²) in [6.07, 6.45) is 1.84. The molecule has 0 aliphatic carbocycles. The number of carbonyl (C=O) groups is 2. The Morgan fingerprint density at radius 1 is 1.13 bits per heavy atom. The molecule has 2 aromatic carbocycles. The van der Waals surface area contributed by atoms with E-state index >= 15 is 0 Å². The molecule has 2 atom stereocenters. The molecule has 5 nitrogen and oxygen atoms in total. The Kier molecular flexibility index (Phi) is 7.08. The van der Waals surface area contributed by atoms with Crippen LogP contribution in [0.15, 0.2) is 53.4 Å². The topological polar surface area (TPSA) is 55.8 Å². The molecule has 0 aromatic heterocycles. The van der Waals surface area contributed by atoms with Crippen molar-refractivity contribution in [3.05, 3.63) is 54.1 Å². The number of methoxy groups -OCH3 is 2. The number of ether oxygens (including phenoxy) is 2. The number of hydrogen-bond donors (Lipinski definition) is 0. The van der Waals surface area contributed by atoms with Crippen LogP contribution in [0.1, 0.15) is 38.7 Å². The minimum Gasteiger partial charge on any atom is -0.497 e. The van der Waals surface area contributed by atoms with E-state index in [1.54, 1.807) is 32.9 Å². The van der Waals surface area contributed by atoms with Crippen molar-refractivity contribution in [1.82, 2.24) is 4.90 Å². The third kappa shape index (κ3) is 4.33. The highest BCUT2D eigenvalue weighted by atomic mass is 32.2. The molecular formula is C24H29NO4S. The molecule has 1 amide bonds. The number of likely N-dealkylation sites (tertiary alicyclic amines) is 1. The summed E-state index contributed by atoms with van der Waals surface area (Å²) < 4.78 is 10.3. The largest absolute Gasteiger partial charge is 0.497 e. The standard InChI is InChI=1S/C24H29NO4S/c1-5-24(30-20-9-7-6-8-10-20)22(14-11-17(2)26)25(23(24)27)16-18-12-13-19(28-3)15-21(18)29-4/h6-10,12-13,15,22H,5,11,14,16H2,1-4H3. The van der Waals surface area contributed by atoms with Gasteiger partial charge in [-0.05, 0) is 44.0 Å². The molecule has 1 heterocycles. The van der Waals surface area contributed by atoms with Crippen LogP contribution in [0, 0.1) is 0 Å². The van der Waals surface area contributed by atoms with E-state index in [4.69, 9.17) is 9.47 Å². The Labute approximate surface area is 182 Å². The summed E-state index contributed by atoms with van der Waals surface area (Å²) in [6.45, 7) is 4.11. The van der Waals surface area contributed by atoms with E-state index in [0.717, 1.165) is 10.5 Å². The Bertz CT molecular complexity index is 901. The van der Waals surface area contributed by atoms with Crippen LogP contribution in [0.4, 0.5) is 0 Å². The summed E-state index contributed by atoms with van der Waals surface area (Å²) in [5.41, 5.74) is 0.925. The number of benzene rings is 2. The molecule has 6 heteroatoms. The van der Waals surface area contributed by atoms with Gasteiger partial charge in [0.2, 0.25) is 5.91 Å². The van der Waals surface area contributed by atoms with Gasteiger partial charge >= 0.3 is 0 Å². The van der Waals surface area contributed by atoms with E-state index in [9.17, 15) is 9.59 Å². The molecule has 2 unspecified atom stereocenters. The maximum absolute atomic E-state index is 13.5. The lowest BCUT2D eigenvalue weighted by molar-refractivity contribution is -0.154. The molecule has 1 saturated heterocycles. The maximum Gasteiger partial charge on any atom is 0.241 e. The summed E-state index contributed by atoms with van der Waals surface area (Å²) in [4.78, 5) is 28.1. The normalized spacial score (nSPS) is 20.6. The number of carbonyl (C=O) groups excluding carboxylic acids is 2. The van der Waals surface area contributed by atoms with Crippen molar-refractivity contribution >= 4 is 23.5 Å². The molecular weight excluding hydrogens is 398 g/mol. The third-order valence-corrected chi connectivity index (χ3v) is 7.32. The van der Waals surface area contributed by atoms with Crippen LogP contribution in [-0.2, 0) is 16.1 Å². The summed E-state index contributed by atoms with van der Waals surface area (Å²) in [6, 6.07) is 15.6. The molecule has 0 N–H and O–H groups in total. The number of β-lactam (4-membered cyclic amide) rings is 1. The zero-order chi connectivity index (χ0) is 21.7. The predicted molar refractivity (Wildman–Crippen MR) is 119 cm³/mol. The lowest BCUT2D eigenvalue weighted by Crippen LogP contribution is -2.71. The molecule has 0 spiro atoms. The zero-order valence-electron chi connectivity index (χ0n) is 18.0. The van der Waals surface area contributed by atoms with E-state index in [0.29, 0.717) is 37.3 Å². The van der Waals surface area contributed by atoms with Crippen LogP contribution in [0.5, 0.6) is 11.5 Å². The van der Waals surface area contributed by atoms with Crippen LogP contribution in [-0.4, -0.2) is 41.6 Å². The van der Waals surface area contributed by atoms with E-state index < -0.39 is 4.75 Å². The van der Waals surface area contributed by atoms with Crippen molar-refractivity contribution in [3.8, 4) is 11.5 Å². The number of amides is 1. The molecule has 30 heavy (non-hydrogen) atoms.